The molecule has 0 aliphatic rings. The molecule has 0 aliphatic carbocycles. The SMILES string of the molecule is CCNC(=O)C(C)N(Cc1ccccc1F)C(=O)COc1ccc(C)c(C)c1. The van der Waals surface area contributed by atoms with Crippen LogP contribution in [0.5, 0.6) is 5.75 Å². The molecule has 0 aromatic heterocycles. The van der Waals surface area contributed by atoms with Crippen molar-refractivity contribution in [1.82, 2.24) is 10.2 Å². The fourth-order valence-corrected chi connectivity index (χ4v) is 2.75. The van der Waals surface area contributed by atoms with Crippen LogP contribution in [0, 0.1) is 19.7 Å². The lowest BCUT2D eigenvalue weighted by molar-refractivity contribution is -0.142. The Morgan fingerprint density at radius 2 is 1.86 bits per heavy atom. The fraction of sp³-hybridized carbons (Fsp3) is 0.364. The van der Waals surface area contributed by atoms with Crippen molar-refractivity contribution in [1.29, 1.82) is 0 Å². The van der Waals surface area contributed by atoms with Gasteiger partial charge in [-0.3, -0.25) is 9.59 Å². The van der Waals surface area contributed by atoms with Gasteiger partial charge in [-0.05, 0) is 57.0 Å². The number of hydrogen-bond acceptors (Lipinski definition) is 3. The van der Waals surface area contributed by atoms with Crippen molar-refractivity contribution >= 4 is 11.8 Å². The minimum Gasteiger partial charge on any atom is -0.484 e. The molecule has 2 rings (SSSR count). The molecule has 0 bridgehead atoms. The Morgan fingerprint density at radius 1 is 1.14 bits per heavy atom. The lowest BCUT2D eigenvalue weighted by Gasteiger charge is -2.28. The van der Waals surface area contributed by atoms with Crippen molar-refractivity contribution in [2.24, 2.45) is 0 Å². The topological polar surface area (TPSA) is 58.6 Å². The number of likely N-dealkylation sites (N-methyl/N-ethyl adjacent to an activating group) is 1. The minimum atomic E-state index is -0.754. The van der Waals surface area contributed by atoms with Crippen LogP contribution in [0.1, 0.15) is 30.5 Å². The van der Waals surface area contributed by atoms with Crippen molar-refractivity contribution in [2.75, 3.05) is 13.2 Å². The highest BCUT2D eigenvalue weighted by Gasteiger charge is 2.27. The van der Waals surface area contributed by atoms with Crippen molar-refractivity contribution in [2.45, 2.75) is 40.3 Å². The number of halogens is 1. The van der Waals surface area contributed by atoms with Gasteiger partial charge in [0.15, 0.2) is 6.61 Å². The third-order valence-corrected chi connectivity index (χ3v) is 4.66. The lowest BCUT2D eigenvalue weighted by Crippen LogP contribution is -2.49. The zero-order valence-corrected chi connectivity index (χ0v) is 16.8. The summed E-state index contributed by atoms with van der Waals surface area (Å²) in [5, 5.41) is 2.70. The summed E-state index contributed by atoms with van der Waals surface area (Å²) in [7, 11) is 0. The summed E-state index contributed by atoms with van der Waals surface area (Å²) < 4.78 is 19.7. The van der Waals surface area contributed by atoms with Gasteiger partial charge in [0.2, 0.25) is 5.91 Å². The molecule has 0 radical (unpaired) electrons. The number of carbonyl (C=O) groups excluding carboxylic acids is 2. The number of rotatable bonds is 8. The Hall–Kier alpha value is -2.89. The first-order chi connectivity index (χ1) is 13.3. The van der Waals surface area contributed by atoms with Crippen molar-refractivity contribution in [3.8, 4) is 5.75 Å². The fourth-order valence-electron chi connectivity index (χ4n) is 2.75. The number of nitrogens with one attached hydrogen (secondary N) is 1. The highest BCUT2D eigenvalue weighted by molar-refractivity contribution is 5.87. The maximum Gasteiger partial charge on any atom is 0.261 e. The zero-order chi connectivity index (χ0) is 20.7. The van der Waals surface area contributed by atoms with Gasteiger partial charge in [0.05, 0.1) is 0 Å². The summed E-state index contributed by atoms with van der Waals surface area (Å²) >= 11 is 0. The molecule has 2 aromatic carbocycles. The first-order valence-corrected chi connectivity index (χ1v) is 9.34. The quantitative estimate of drug-likeness (QED) is 0.757. The van der Waals surface area contributed by atoms with E-state index in [1.807, 2.05) is 26.0 Å². The van der Waals surface area contributed by atoms with E-state index in [4.69, 9.17) is 4.74 Å². The maximum atomic E-state index is 14.1. The molecule has 2 amide bonds. The van der Waals surface area contributed by atoms with Crippen LogP contribution in [0.15, 0.2) is 42.5 Å². The Bertz CT molecular complexity index is 838. The molecule has 0 saturated carbocycles. The molecule has 0 spiro atoms. The van der Waals surface area contributed by atoms with E-state index in [1.165, 1.54) is 11.0 Å². The first kappa shape index (κ1) is 21.4. The number of aryl methyl sites for hydroxylation is 2. The number of benzene rings is 2. The van der Waals surface area contributed by atoms with Crippen molar-refractivity contribution < 1.29 is 18.7 Å². The van der Waals surface area contributed by atoms with Gasteiger partial charge in [0.1, 0.15) is 17.6 Å². The molecule has 0 aliphatic heterocycles. The van der Waals surface area contributed by atoms with Crippen LogP contribution in [-0.4, -0.2) is 35.9 Å². The smallest absolute Gasteiger partial charge is 0.261 e. The van der Waals surface area contributed by atoms with Crippen LogP contribution in [0.2, 0.25) is 0 Å². The van der Waals surface area contributed by atoms with E-state index in [0.29, 0.717) is 17.9 Å². The molecular weight excluding hydrogens is 359 g/mol. The molecule has 1 atom stereocenters. The van der Waals surface area contributed by atoms with Gasteiger partial charge in [0, 0.05) is 18.7 Å². The summed E-state index contributed by atoms with van der Waals surface area (Å²) in [6.07, 6.45) is 0. The standard InChI is InChI=1S/C22H27FN2O3/c1-5-24-22(27)17(4)25(13-18-8-6-7-9-20(18)23)21(26)14-28-19-11-10-15(2)16(3)12-19/h6-12,17H,5,13-14H2,1-4H3,(H,24,27). The van der Waals surface area contributed by atoms with E-state index >= 15 is 0 Å². The van der Waals surface area contributed by atoms with Crippen LogP contribution >= 0.6 is 0 Å². The molecule has 28 heavy (non-hydrogen) atoms. The monoisotopic (exact) mass is 386 g/mol. The Balaban J connectivity index is 2.16. The predicted molar refractivity (Wildman–Crippen MR) is 107 cm³/mol. The van der Waals surface area contributed by atoms with Gasteiger partial charge in [-0.15, -0.1) is 0 Å². The number of amides is 2. The van der Waals surface area contributed by atoms with E-state index in [1.54, 1.807) is 38.1 Å². The number of nitrogens with zero attached hydrogens (tertiary/aromatic N) is 1. The zero-order valence-electron chi connectivity index (χ0n) is 16.8. The van der Waals surface area contributed by atoms with Crippen LogP contribution in [0.3, 0.4) is 0 Å². The third-order valence-electron chi connectivity index (χ3n) is 4.66. The predicted octanol–water partition coefficient (Wildman–Crippen LogP) is 3.37. The second-order valence-electron chi connectivity index (χ2n) is 6.72. The average molecular weight is 386 g/mol. The highest BCUT2D eigenvalue weighted by atomic mass is 19.1. The second-order valence-corrected chi connectivity index (χ2v) is 6.72. The molecule has 150 valence electrons. The number of carbonyl (C=O) groups is 2. The molecule has 1 unspecified atom stereocenters. The van der Waals surface area contributed by atoms with Crippen LogP contribution in [0.25, 0.3) is 0 Å². The summed E-state index contributed by atoms with van der Waals surface area (Å²) in [6.45, 7) is 7.58. The normalized spacial score (nSPS) is 11.6. The number of ether oxygens (including phenoxy) is 1. The van der Waals surface area contributed by atoms with Gasteiger partial charge >= 0.3 is 0 Å². The van der Waals surface area contributed by atoms with E-state index in [-0.39, 0.29) is 25.0 Å². The molecule has 1 N–H and O–H groups in total. The summed E-state index contributed by atoms with van der Waals surface area (Å²) in [5.41, 5.74) is 2.53. The second kappa shape index (κ2) is 9.88. The molecular formula is C22H27FN2O3. The summed E-state index contributed by atoms with van der Waals surface area (Å²) in [6, 6.07) is 11.0. The van der Waals surface area contributed by atoms with Gasteiger partial charge in [0.25, 0.3) is 5.91 Å². The van der Waals surface area contributed by atoms with Crippen LogP contribution in [0.4, 0.5) is 4.39 Å². The first-order valence-electron chi connectivity index (χ1n) is 9.34. The van der Waals surface area contributed by atoms with Crippen LogP contribution < -0.4 is 10.1 Å². The van der Waals surface area contributed by atoms with Gasteiger partial charge in [-0.2, -0.15) is 0 Å². The van der Waals surface area contributed by atoms with Gasteiger partial charge < -0.3 is 15.0 Å². The third kappa shape index (κ3) is 5.55. The molecule has 2 aromatic rings. The summed E-state index contributed by atoms with van der Waals surface area (Å²) in [4.78, 5) is 26.5. The maximum absolute atomic E-state index is 14.1. The van der Waals surface area contributed by atoms with Crippen LogP contribution in [-0.2, 0) is 16.1 Å². The van der Waals surface area contributed by atoms with Crippen molar-refractivity contribution in [3.05, 3.63) is 65.0 Å². The van der Waals surface area contributed by atoms with E-state index in [9.17, 15) is 14.0 Å². The van der Waals surface area contributed by atoms with Gasteiger partial charge in [-0.25, -0.2) is 4.39 Å². The molecule has 0 saturated heterocycles. The van der Waals surface area contributed by atoms with Crippen molar-refractivity contribution in [3.63, 3.8) is 0 Å². The molecule has 0 fully saturated rings. The summed E-state index contributed by atoms with van der Waals surface area (Å²) in [5.74, 6) is -0.523. The minimum absolute atomic E-state index is 0.0138. The average Bonchev–Trinajstić information content (AvgIpc) is 2.67. The Labute approximate surface area is 165 Å². The van der Waals surface area contributed by atoms with E-state index in [2.05, 4.69) is 5.32 Å². The molecule has 0 heterocycles. The van der Waals surface area contributed by atoms with E-state index < -0.39 is 11.9 Å². The molecule has 5 nitrogen and oxygen atoms in total. The van der Waals surface area contributed by atoms with E-state index in [0.717, 1.165) is 11.1 Å². The largest absolute Gasteiger partial charge is 0.484 e. The van der Waals surface area contributed by atoms with Gasteiger partial charge in [-0.1, -0.05) is 24.3 Å². The lowest BCUT2D eigenvalue weighted by atomic mass is 10.1. The highest BCUT2D eigenvalue weighted by Crippen LogP contribution is 2.17. The number of hydrogen-bond donors (Lipinski definition) is 1. The Morgan fingerprint density at radius 3 is 2.50 bits per heavy atom. The molecule has 6 heteroatoms. The Kier molecular flexibility index (Phi) is 7.55.